The Morgan fingerprint density at radius 3 is 2.50 bits per heavy atom. The van der Waals surface area contributed by atoms with E-state index in [4.69, 9.17) is 19.3 Å². The first-order valence-electron chi connectivity index (χ1n) is 6.22. The van der Waals surface area contributed by atoms with Crippen LogP contribution < -0.4 is 5.32 Å². The van der Waals surface area contributed by atoms with Gasteiger partial charge in [0.05, 0.1) is 19.3 Å². The number of alkyl carbamates (subject to hydrolysis) is 1. The van der Waals surface area contributed by atoms with Gasteiger partial charge in [-0.25, -0.2) is 9.59 Å². The van der Waals surface area contributed by atoms with Crippen molar-refractivity contribution in [1.82, 2.24) is 5.32 Å². The summed E-state index contributed by atoms with van der Waals surface area (Å²) in [5.74, 6) is -1.29. The second-order valence-corrected chi connectivity index (χ2v) is 6.78. The zero-order chi connectivity index (χ0) is 17.2. The molecule has 1 amide bonds. The minimum Gasteiger partial charge on any atom is -0.460 e. The highest BCUT2D eigenvalue weighted by atomic mass is 31.2. The SMILES string of the molecule is C=C(C)C(=O)OCCNC(=O)OCC(CP=O)CP(=O)(O)O. The predicted molar refractivity (Wildman–Crippen MR) is 78.0 cm³/mol. The van der Waals surface area contributed by atoms with Crippen LogP contribution in [0.3, 0.4) is 0 Å². The Morgan fingerprint density at radius 1 is 1.36 bits per heavy atom. The van der Waals surface area contributed by atoms with Crippen molar-refractivity contribution in [3.63, 3.8) is 0 Å². The Balaban J connectivity index is 3.99. The molecule has 22 heavy (non-hydrogen) atoms. The molecule has 0 aliphatic heterocycles. The van der Waals surface area contributed by atoms with Gasteiger partial charge in [-0.05, 0) is 6.92 Å². The van der Waals surface area contributed by atoms with E-state index in [1.165, 1.54) is 6.92 Å². The van der Waals surface area contributed by atoms with E-state index in [-0.39, 0.29) is 40.0 Å². The summed E-state index contributed by atoms with van der Waals surface area (Å²) in [4.78, 5) is 40.1. The summed E-state index contributed by atoms with van der Waals surface area (Å²) in [7, 11) is -4.57. The molecule has 0 heterocycles. The molecule has 0 aromatic heterocycles. The lowest BCUT2D eigenvalue weighted by atomic mass is 10.2. The van der Waals surface area contributed by atoms with Crippen LogP contribution in [0, 0.1) is 5.92 Å². The number of esters is 1. The number of nitrogens with one attached hydrogen (secondary N) is 1. The van der Waals surface area contributed by atoms with Gasteiger partial charge >= 0.3 is 19.7 Å². The minimum atomic E-state index is -4.28. The summed E-state index contributed by atoms with van der Waals surface area (Å²) in [5, 5.41) is 2.29. The van der Waals surface area contributed by atoms with Gasteiger partial charge in [-0.2, -0.15) is 0 Å². The van der Waals surface area contributed by atoms with E-state index in [1.54, 1.807) is 0 Å². The summed E-state index contributed by atoms with van der Waals surface area (Å²) in [5.41, 5.74) is 0.236. The molecule has 0 saturated carbocycles. The number of ether oxygens (including phenoxy) is 2. The standard InChI is InChI=1S/C11H19NO8P2/c1-8(2)10(13)19-4-3-12-11(14)20-5-9(6-21-15)7-22(16,17)18/h9H,1,3-7H2,2H3,(H,12,14)(H2,16,17,18). The van der Waals surface area contributed by atoms with Crippen LogP contribution >= 0.6 is 16.1 Å². The average Bonchev–Trinajstić information content (AvgIpc) is 2.39. The maximum atomic E-state index is 11.3. The molecule has 0 aliphatic rings. The fraction of sp³-hybridized carbons (Fsp3) is 0.636. The van der Waals surface area contributed by atoms with Gasteiger partial charge in [-0.15, -0.1) is 0 Å². The molecular formula is C11H19NO8P2. The normalized spacial score (nSPS) is 12.5. The van der Waals surface area contributed by atoms with Crippen LogP contribution in [-0.2, 0) is 23.4 Å². The number of carbonyl (C=O) groups is 2. The van der Waals surface area contributed by atoms with E-state index in [9.17, 15) is 18.7 Å². The Morgan fingerprint density at radius 2 is 2.00 bits per heavy atom. The van der Waals surface area contributed by atoms with E-state index in [0.717, 1.165) is 0 Å². The van der Waals surface area contributed by atoms with Crippen molar-refractivity contribution in [2.45, 2.75) is 6.92 Å². The van der Waals surface area contributed by atoms with E-state index in [1.807, 2.05) is 0 Å². The molecule has 0 bridgehead atoms. The molecule has 0 rings (SSSR count). The topological polar surface area (TPSA) is 139 Å². The van der Waals surface area contributed by atoms with Gasteiger partial charge in [0.15, 0.2) is 8.46 Å². The molecule has 1 atom stereocenters. The maximum Gasteiger partial charge on any atom is 0.407 e. The molecule has 0 spiro atoms. The maximum absolute atomic E-state index is 11.3. The monoisotopic (exact) mass is 355 g/mol. The van der Waals surface area contributed by atoms with Gasteiger partial charge in [-0.1, -0.05) is 6.58 Å². The molecule has 0 radical (unpaired) electrons. The summed E-state index contributed by atoms with van der Waals surface area (Å²) in [6.07, 6.45) is -1.38. The quantitative estimate of drug-likeness (QED) is 0.227. The van der Waals surface area contributed by atoms with Crippen molar-refractivity contribution in [3.8, 4) is 0 Å². The lowest BCUT2D eigenvalue weighted by Crippen LogP contribution is -2.31. The van der Waals surface area contributed by atoms with Gasteiger partial charge in [0, 0.05) is 17.7 Å². The number of hydrogen-bond donors (Lipinski definition) is 3. The molecule has 0 aromatic carbocycles. The first kappa shape index (κ1) is 20.7. The lowest BCUT2D eigenvalue weighted by Gasteiger charge is -2.15. The minimum absolute atomic E-state index is 0.0147. The van der Waals surface area contributed by atoms with Crippen LogP contribution in [-0.4, -0.2) is 53.9 Å². The van der Waals surface area contributed by atoms with Gasteiger partial charge in [0.25, 0.3) is 0 Å². The molecule has 9 nitrogen and oxygen atoms in total. The smallest absolute Gasteiger partial charge is 0.407 e. The van der Waals surface area contributed by atoms with E-state index < -0.39 is 31.7 Å². The molecule has 3 N–H and O–H groups in total. The van der Waals surface area contributed by atoms with Crippen LogP contribution in [0.5, 0.6) is 0 Å². The molecule has 0 saturated heterocycles. The highest BCUT2D eigenvalue weighted by Crippen LogP contribution is 2.37. The van der Waals surface area contributed by atoms with E-state index >= 15 is 0 Å². The number of carbonyl (C=O) groups excluding carboxylic acids is 2. The third-order valence-corrected chi connectivity index (χ3v) is 3.89. The van der Waals surface area contributed by atoms with Crippen molar-refractivity contribution in [1.29, 1.82) is 0 Å². The van der Waals surface area contributed by atoms with Gasteiger partial charge < -0.3 is 24.6 Å². The Bertz CT molecular complexity index is 461. The van der Waals surface area contributed by atoms with Gasteiger partial charge in [0.2, 0.25) is 0 Å². The summed E-state index contributed by atoms with van der Waals surface area (Å²) in [6, 6.07) is 0. The highest BCUT2D eigenvalue weighted by Gasteiger charge is 2.23. The Labute approximate surface area is 129 Å². The molecule has 0 aromatic rings. The lowest BCUT2D eigenvalue weighted by molar-refractivity contribution is -0.138. The first-order valence-corrected chi connectivity index (χ1v) is 9.02. The fourth-order valence-corrected chi connectivity index (χ4v) is 2.83. The summed E-state index contributed by atoms with van der Waals surface area (Å²) < 4.78 is 30.9. The second-order valence-electron chi connectivity index (χ2n) is 4.47. The number of amides is 1. The molecule has 0 aliphatic carbocycles. The first-order chi connectivity index (χ1) is 10.2. The summed E-state index contributed by atoms with van der Waals surface area (Å²) in [6.45, 7) is 4.55. The van der Waals surface area contributed by atoms with Crippen molar-refractivity contribution in [3.05, 3.63) is 12.2 Å². The third kappa shape index (κ3) is 11.4. The van der Waals surface area contributed by atoms with Crippen LogP contribution in [0.15, 0.2) is 12.2 Å². The van der Waals surface area contributed by atoms with Crippen LogP contribution in [0.1, 0.15) is 6.92 Å². The predicted octanol–water partition coefficient (Wildman–Crippen LogP) is 0.917. The third-order valence-electron chi connectivity index (χ3n) is 2.23. The van der Waals surface area contributed by atoms with Crippen molar-refractivity contribution >= 4 is 28.1 Å². The van der Waals surface area contributed by atoms with Crippen molar-refractivity contribution in [2.24, 2.45) is 5.92 Å². The summed E-state index contributed by atoms with van der Waals surface area (Å²) >= 11 is 0. The largest absolute Gasteiger partial charge is 0.460 e. The van der Waals surface area contributed by atoms with Crippen molar-refractivity contribution in [2.75, 3.05) is 32.1 Å². The average molecular weight is 355 g/mol. The number of rotatable bonds is 10. The Kier molecular flexibility index (Phi) is 9.85. The van der Waals surface area contributed by atoms with E-state index in [0.29, 0.717) is 0 Å². The van der Waals surface area contributed by atoms with Crippen LogP contribution in [0.4, 0.5) is 4.79 Å². The zero-order valence-electron chi connectivity index (χ0n) is 12.1. The Hall–Kier alpha value is -1.27. The van der Waals surface area contributed by atoms with Crippen molar-refractivity contribution < 1.29 is 38.0 Å². The van der Waals surface area contributed by atoms with Gasteiger partial charge in [-0.3, -0.25) is 9.13 Å². The van der Waals surface area contributed by atoms with Crippen LogP contribution in [0.25, 0.3) is 0 Å². The number of hydrogen-bond acceptors (Lipinski definition) is 6. The molecular weight excluding hydrogens is 336 g/mol. The van der Waals surface area contributed by atoms with Crippen LogP contribution in [0.2, 0.25) is 0 Å². The van der Waals surface area contributed by atoms with Gasteiger partial charge in [0.1, 0.15) is 6.61 Å². The molecule has 126 valence electrons. The highest BCUT2D eigenvalue weighted by molar-refractivity contribution is 7.51. The fourth-order valence-electron chi connectivity index (χ4n) is 1.27. The molecule has 0 fully saturated rings. The zero-order valence-corrected chi connectivity index (χ0v) is 13.8. The molecule has 11 heteroatoms. The van der Waals surface area contributed by atoms with E-state index in [2.05, 4.69) is 11.9 Å². The second kappa shape index (κ2) is 10.5. The molecule has 1 unspecified atom stereocenters.